The van der Waals surface area contributed by atoms with Crippen LogP contribution in [0.25, 0.3) is 0 Å². The van der Waals surface area contributed by atoms with E-state index in [0.717, 1.165) is 0 Å². The standard InChI is InChI=1S/C44H69N15O11/c1-25(35(62)55-28(42(69)70)13-6-18-51-44(48)49)53-38(65)32-15-8-19-57(32)40(67)30(24-60)56-36(63)29(22-26-10-3-2-4-11-26)54-34(61)23-52-37(64)31-14-7-20-58(31)41(68)33-16-9-21-59(33)39(66)27(45)12-5-17-50-43(46)47/h2-4,10-11,25,27-33,60H,5-9,12-24,45H2,1H3,(H,52,64)(H,53,65)(H,54,61)(H,55,62)(H,56,63)(H,69,70)(H4,46,47,50)(H4,48,49,51)/t25-,27-,28-,29-,30-,31-,32-,33-/m0/s1. The van der Waals surface area contributed by atoms with Gasteiger partial charge in [-0.2, -0.15) is 0 Å². The molecule has 8 atom stereocenters. The molecule has 0 aromatic heterocycles. The Bertz CT molecular complexity index is 2090. The number of carbonyl (C=O) groups excluding carboxylic acids is 8. The van der Waals surface area contributed by atoms with Gasteiger partial charge in [-0.15, -0.1) is 0 Å². The molecule has 3 aliphatic rings. The van der Waals surface area contributed by atoms with Crippen LogP contribution in [0.2, 0.25) is 0 Å². The maximum absolute atomic E-state index is 13.9. The van der Waals surface area contributed by atoms with E-state index in [1.165, 1.54) is 21.6 Å². The second kappa shape index (κ2) is 27.2. The van der Waals surface area contributed by atoms with E-state index < -0.39 is 109 Å². The number of carboxylic acid groups (broad SMARTS) is 1. The molecule has 0 bridgehead atoms. The Morgan fingerprint density at radius 2 is 1.21 bits per heavy atom. The molecule has 3 heterocycles. The average molecular weight is 984 g/mol. The largest absolute Gasteiger partial charge is 0.480 e. The Kier molecular flexibility index (Phi) is 21.6. The lowest BCUT2D eigenvalue weighted by Gasteiger charge is -2.32. The number of rotatable bonds is 25. The first-order valence-electron chi connectivity index (χ1n) is 23.5. The van der Waals surface area contributed by atoms with Crippen LogP contribution in [0.5, 0.6) is 0 Å². The molecule has 1 aromatic rings. The molecule has 3 fully saturated rings. The molecule has 0 unspecified atom stereocenters. The number of nitrogens with two attached hydrogens (primary N) is 5. The van der Waals surface area contributed by atoms with Gasteiger partial charge in [0.05, 0.1) is 19.2 Å². The summed E-state index contributed by atoms with van der Waals surface area (Å²) in [4.78, 5) is 132. The molecule has 26 heteroatoms. The lowest BCUT2D eigenvalue weighted by molar-refractivity contribution is -0.147. The van der Waals surface area contributed by atoms with Crippen molar-refractivity contribution in [3.63, 3.8) is 0 Å². The zero-order chi connectivity index (χ0) is 51.5. The van der Waals surface area contributed by atoms with Crippen molar-refractivity contribution in [2.45, 2.75) is 126 Å². The number of aliphatic hydroxyl groups excluding tert-OH is 1. The van der Waals surface area contributed by atoms with Crippen LogP contribution in [0.4, 0.5) is 0 Å². The third-order valence-electron chi connectivity index (χ3n) is 12.2. The minimum atomic E-state index is -1.56. The van der Waals surface area contributed by atoms with Crippen LogP contribution in [0, 0.1) is 0 Å². The molecule has 3 saturated heterocycles. The summed E-state index contributed by atoms with van der Waals surface area (Å²) >= 11 is 0. The second-order valence-electron chi connectivity index (χ2n) is 17.5. The summed E-state index contributed by atoms with van der Waals surface area (Å²) in [5, 5.41) is 32.5. The molecule has 0 spiro atoms. The predicted molar refractivity (Wildman–Crippen MR) is 253 cm³/mol. The molecule has 17 N–H and O–H groups in total. The minimum absolute atomic E-state index is 0.00157. The van der Waals surface area contributed by atoms with Crippen molar-refractivity contribution in [3.8, 4) is 0 Å². The Morgan fingerprint density at radius 1 is 0.671 bits per heavy atom. The number of hydrogen-bond donors (Lipinski definition) is 12. The number of aliphatic imine (C=N–C) groups is 2. The van der Waals surface area contributed by atoms with Crippen LogP contribution in [0.15, 0.2) is 40.3 Å². The summed E-state index contributed by atoms with van der Waals surface area (Å²) in [5.41, 5.74) is 28.1. The first-order chi connectivity index (χ1) is 33.3. The predicted octanol–water partition coefficient (Wildman–Crippen LogP) is -5.21. The van der Waals surface area contributed by atoms with E-state index in [1.54, 1.807) is 30.3 Å². The average Bonchev–Trinajstić information content (AvgIpc) is 4.14. The second-order valence-corrected chi connectivity index (χ2v) is 17.5. The molecule has 386 valence electrons. The fourth-order valence-electron chi connectivity index (χ4n) is 8.62. The van der Waals surface area contributed by atoms with Crippen molar-refractivity contribution in [2.24, 2.45) is 38.7 Å². The normalized spacial score (nSPS) is 19.6. The van der Waals surface area contributed by atoms with Crippen LogP contribution in [0.1, 0.15) is 76.7 Å². The molecule has 0 saturated carbocycles. The van der Waals surface area contributed by atoms with Gasteiger partial charge in [0.1, 0.15) is 42.3 Å². The van der Waals surface area contributed by atoms with Gasteiger partial charge in [-0.1, -0.05) is 30.3 Å². The molecular weight excluding hydrogens is 915 g/mol. The number of benzene rings is 1. The van der Waals surface area contributed by atoms with Crippen molar-refractivity contribution < 1.29 is 53.4 Å². The van der Waals surface area contributed by atoms with Crippen LogP contribution in [-0.4, -0.2) is 184 Å². The van der Waals surface area contributed by atoms with Gasteiger partial charge in [0.15, 0.2) is 11.9 Å². The van der Waals surface area contributed by atoms with Crippen LogP contribution in [-0.2, 0) is 49.6 Å². The van der Waals surface area contributed by atoms with E-state index in [9.17, 15) is 53.4 Å². The summed E-state index contributed by atoms with van der Waals surface area (Å²) in [5.74, 6) is -6.89. The Labute approximate surface area is 405 Å². The first-order valence-corrected chi connectivity index (χ1v) is 23.5. The molecular formula is C44H69N15O11. The number of aliphatic carboxylic acids is 1. The number of guanidine groups is 2. The van der Waals surface area contributed by atoms with Crippen molar-refractivity contribution in [2.75, 3.05) is 45.9 Å². The molecule has 4 rings (SSSR count). The maximum atomic E-state index is 13.9. The number of nitrogens with zero attached hydrogens (tertiary/aromatic N) is 5. The van der Waals surface area contributed by atoms with E-state index >= 15 is 0 Å². The highest BCUT2D eigenvalue weighted by Gasteiger charge is 2.43. The van der Waals surface area contributed by atoms with Crippen molar-refractivity contribution in [3.05, 3.63) is 35.9 Å². The van der Waals surface area contributed by atoms with E-state index in [-0.39, 0.29) is 63.1 Å². The lowest BCUT2D eigenvalue weighted by Crippen LogP contribution is -2.59. The number of carboxylic acids is 1. The van der Waals surface area contributed by atoms with Gasteiger partial charge >= 0.3 is 5.97 Å². The molecule has 70 heavy (non-hydrogen) atoms. The van der Waals surface area contributed by atoms with Crippen molar-refractivity contribution in [1.29, 1.82) is 0 Å². The fraction of sp³-hybridized carbons (Fsp3) is 0.614. The highest BCUT2D eigenvalue weighted by atomic mass is 16.4. The summed E-state index contributed by atoms with van der Waals surface area (Å²) in [6.45, 7) is 0.967. The van der Waals surface area contributed by atoms with Gasteiger partial charge in [0, 0.05) is 39.1 Å². The van der Waals surface area contributed by atoms with Crippen LogP contribution >= 0.6 is 0 Å². The van der Waals surface area contributed by atoms with Gasteiger partial charge in [0.25, 0.3) is 0 Å². The molecule has 3 aliphatic heterocycles. The SMILES string of the molecule is C[C@H](NC(=O)[C@@H]1CCCN1C(=O)[C@H](CO)NC(=O)[C@H](Cc1ccccc1)NC(=O)CNC(=O)[C@@H]1CCCN1C(=O)[C@@H]1CCCN1C(=O)[C@@H](N)CCCN=C(N)N)C(=O)N[C@@H](CCCN=C(N)N)C(=O)O. The van der Waals surface area contributed by atoms with Crippen LogP contribution in [0.3, 0.4) is 0 Å². The summed E-state index contributed by atoms with van der Waals surface area (Å²) < 4.78 is 0. The first kappa shape index (κ1) is 55.5. The zero-order valence-corrected chi connectivity index (χ0v) is 39.4. The van der Waals surface area contributed by atoms with Crippen molar-refractivity contribution in [1.82, 2.24) is 41.3 Å². The highest BCUT2D eigenvalue weighted by molar-refractivity contribution is 5.98. The van der Waals surface area contributed by atoms with E-state index in [2.05, 4.69) is 36.6 Å². The Morgan fingerprint density at radius 3 is 1.80 bits per heavy atom. The lowest BCUT2D eigenvalue weighted by atomic mass is 10.0. The van der Waals surface area contributed by atoms with E-state index in [0.29, 0.717) is 63.6 Å². The van der Waals surface area contributed by atoms with Crippen molar-refractivity contribution >= 4 is 65.1 Å². The number of amides is 8. The summed E-state index contributed by atoms with van der Waals surface area (Å²) in [6, 6.07) is -0.487. The zero-order valence-electron chi connectivity index (χ0n) is 39.4. The molecule has 26 nitrogen and oxygen atoms in total. The highest BCUT2D eigenvalue weighted by Crippen LogP contribution is 2.26. The summed E-state index contributed by atoms with van der Waals surface area (Å²) in [7, 11) is 0. The smallest absolute Gasteiger partial charge is 0.326 e. The number of carbonyl (C=O) groups is 9. The van der Waals surface area contributed by atoms with Gasteiger partial charge in [0.2, 0.25) is 47.3 Å². The third kappa shape index (κ3) is 16.3. The number of likely N-dealkylation sites (tertiary alicyclic amines) is 3. The van der Waals surface area contributed by atoms with Crippen LogP contribution < -0.4 is 55.3 Å². The third-order valence-corrected chi connectivity index (χ3v) is 12.2. The topological polar surface area (TPSA) is 419 Å². The number of nitrogens with one attached hydrogen (secondary N) is 5. The molecule has 1 aromatic carbocycles. The quantitative estimate of drug-likeness (QED) is 0.0248. The molecule has 8 amide bonds. The van der Waals surface area contributed by atoms with Gasteiger partial charge < -0.3 is 80.2 Å². The maximum Gasteiger partial charge on any atom is 0.326 e. The van der Waals surface area contributed by atoms with Gasteiger partial charge in [-0.3, -0.25) is 48.3 Å². The molecule has 0 radical (unpaired) electrons. The monoisotopic (exact) mass is 984 g/mol. The fourth-order valence-corrected chi connectivity index (χ4v) is 8.62. The number of hydrogen-bond acceptors (Lipinski definition) is 13. The van der Waals surface area contributed by atoms with Gasteiger partial charge in [-0.05, 0) is 76.7 Å². The molecule has 0 aliphatic carbocycles. The summed E-state index contributed by atoms with van der Waals surface area (Å²) in [6.07, 6.45) is 3.27. The van der Waals surface area contributed by atoms with E-state index in [1.807, 2.05) is 0 Å². The minimum Gasteiger partial charge on any atom is -0.480 e. The van der Waals surface area contributed by atoms with E-state index in [4.69, 9.17) is 28.7 Å². The Balaban J connectivity index is 1.35. The Hall–Kier alpha value is -7.09. The van der Waals surface area contributed by atoms with Gasteiger partial charge in [-0.25, -0.2) is 4.79 Å². The number of aliphatic hydroxyl groups is 1.